The Kier molecular flexibility index (Phi) is 9.64. The number of aliphatic imine (C=N–C) groups is 1. The summed E-state index contributed by atoms with van der Waals surface area (Å²) in [4.78, 5) is 4.35. The van der Waals surface area contributed by atoms with Crippen molar-refractivity contribution in [2.45, 2.75) is 12.8 Å². The van der Waals surface area contributed by atoms with Crippen LogP contribution in [0.15, 0.2) is 47.5 Å². The second-order valence-electron chi connectivity index (χ2n) is 5.41. The van der Waals surface area contributed by atoms with Gasteiger partial charge in [0.15, 0.2) is 17.5 Å². The third kappa shape index (κ3) is 6.62. The van der Waals surface area contributed by atoms with Gasteiger partial charge in [-0.1, -0.05) is 12.1 Å². The molecule has 0 saturated carbocycles. The Morgan fingerprint density at radius 1 is 0.962 bits per heavy atom. The van der Waals surface area contributed by atoms with Crippen LogP contribution in [-0.2, 0) is 6.42 Å². The van der Waals surface area contributed by atoms with Crippen LogP contribution in [0.3, 0.4) is 0 Å². The van der Waals surface area contributed by atoms with Crippen molar-refractivity contribution in [1.82, 2.24) is 0 Å². The van der Waals surface area contributed by atoms with Gasteiger partial charge in [-0.25, -0.2) is 0 Å². The number of nitrogens with one attached hydrogen (secondary N) is 1. The van der Waals surface area contributed by atoms with Crippen molar-refractivity contribution < 1.29 is 14.2 Å². The number of hydrogen-bond donors (Lipinski definition) is 2. The molecule has 0 aromatic heterocycles. The van der Waals surface area contributed by atoms with Gasteiger partial charge in [0, 0.05) is 18.3 Å². The lowest BCUT2D eigenvalue weighted by Crippen LogP contribution is -2.22. The summed E-state index contributed by atoms with van der Waals surface area (Å²) in [5.41, 5.74) is 7.99. The van der Waals surface area contributed by atoms with E-state index in [2.05, 4.69) is 22.4 Å². The smallest absolute Gasteiger partial charge is 0.193 e. The minimum absolute atomic E-state index is 0. The summed E-state index contributed by atoms with van der Waals surface area (Å²) in [5, 5.41) is 3.06. The highest BCUT2D eigenvalue weighted by atomic mass is 127. The molecule has 0 aliphatic rings. The number of ether oxygens (including phenoxy) is 3. The Morgan fingerprint density at radius 2 is 1.65 bits per heavy atom. The van der Waals surface area contributed by atoms with Crippen LogP contribution < -0.4 is 25.3 Å². The predicted molar refractivity (Wildman–Crippen MR) is 116 cm³/mol. The van der Waals surface area contributed by atoms with Crippen LogP contribution in [0, 0.1) is 0 Å². The van der Waals surface area contributed by atoms with Crippen molar-refractivity contribution in [1.29, 1.82) is 0 Å². The van der Waals surface area contributed by atoms with Crippen LogP contribution in [0.1, 0.15) is 12.0 Å². The Bertz CT molecular complexity index is 706. The highest BCUT2D eigenvalue weighted by Gasteiger charge is 2.05. The Hall–Kier alpha value is -2.16. The summed E-state index contributed by atoms with van der Waals surface area (Å²) < 4.78 is 15.6. The van der Waals surface area contributed by atoms with E-state index in [0.717, 1.165) is 24.3 Å². The van der Waals surface area contributed by atoms with E-state index in [1.165, 1.54) is 5.56 Å². The molecule has 0 saturated heterocycles. The number of aryl methyl sites for hydroxylation is 1. The van der Waals surface area contributed by atoms with Crippen LogP contribution in [0.5, 0.6) is 17.2 Å². The number of benzene rings is 2. The molecule has 6 nitrogen and oxygen atoms in total. The Balaban J connectivity index is 0.00000338. The van der Waals surface area contributed by atoms with E-state index in [4.69, 9.17) is 19.9 Å². The first kappa shape index (κ1) is 21.9. The number of guanidine groups is 1. The number of nitrogens with zero attached hydrogens (tertiary/aromatic N) is 1. The summed E-state index contributed by atoms with van der Waals surface area (Å²) in [6.07, 6.45) is 1.86. The molecule has 7 heteroatoms. The third-order valence-electron chi connectivity index (χ3n) is 3.72. The van der Waals surface area contributed by atoms with Crippen molar-refractivity contribution in [3.63, 3.8) is 0 Å². The monoisotopic (exact) mass is 471 g/mol. The number of hydrogen-bond acceptors (Lipinski definition) is 4. The zero-order chi connectivity index (χ0) is 18.1. The Labute approximate surface area is 171 Å². The lowest BCUT2D eigenvalue weighted by Gasteiger charge is -2.11. The van der Waals surface area contributed by atoms with Gasteiger partial charge in [0.25, 0.3) is 0 Å². The molecule has 142 valence electrons. The highest BCUT2D eigenvalue weighted by molar-refractivity contribution is 14.0. The van der Waals surface area contributed by atoms with Gasteiger partial charge in [-0.3, -0.25) is 4.99 Å². The maximum absolute atomic E-state index is 5.94. The molecule has 0 aliphatic carbocycles. The quantitative estimate of drug-likeness (QED) is 0.266. The predicted octanol–water partition coefficient (Wildman–Crippen LogP) is 3.69. The minimum Gasteiger partial charge on any atom is -0.497 e. The third-order valence-corrected chi connectivity index (χ3v) is 3.72. The van der Waals surface area contributed by atoms with Crippen LogP contribution in [0.4, 0.5) is 5.69 Å². The molecule has 0 atom stereocenters. The molecule has 0 unspecified atom stereocenters. The molecule has 26 heavy (non-hydrogen) atoms. The molecule has 2 aromatic carbocycles. The zero-order valence-electron chi connectivity index (χ0n) is 15.3. The number of rotatable bonds is 8. The van der Waals surface area contributed by atoms with Crippen LogP contribution in [0.2, 0.25) is 0 Å². The largest absolute Gasteiger partial charge is 0.497 e. The topological polar surface area (TPSA) is 78.1 Å². The fourth-order valence-corrected chi connectivity index (χ4v) is 2.38. The van der Waals surface area contributed by atoms with Crippen molar-refractivity contribution in [3.05, 3.63) is 48.0 Å². The average molecular weight is 471 g/mol. The normalized spacial score (nSPS) is 10.7. The van der Waals surface area contributed by atoms with Gasteiger partial charge >= 0.3 is 0 Å². The molecule has 2 aromatic rings. The second kappa shape index (κ2) is 11.5. The summed E-state index contributed by atoms with van der Waals surface area (Å²) in [6.45, 7) is 0.651. The van der Waals surface area contributed by atoms with Gasteiger partial charge in [-0.2, -0.15) is 0 Å². The standard InChI is InChI=1S/C19H25N3O3.HI/c1-23-16-9-6-14(7-10-16)5-4-12-21-19(20)22-15-8-11-17(24-2)18(13-15)25-3;/h6-11,13H,4-5,12H2,1-3H3,(H3,20,21,22);1H. The van der Waals surface area contributed by atoms with Gasteiger partial charge in [0.1, 0.15) is 5.75 Å². The molecule has 0 heterocycles. The maximum Gasteiger partial charge on any atom is 0.193 e. The lowest BCUT2D eigenvalue weighted by molar-refractivity contribution is 0.355. The van der Waals surface area contributed by atoms with Crippen LogP contribution >= 0.6 is 24.0 Å². The number of anilines is 1. The van der Waals surface area contributed by atoms with E-state index in [1.54, 1.807) is 21.3 Å². The van der Waals surface area contributed by atoms with E-state index >= 15 is 0 Å². The molecule has 0 spiro atoms. The molecular formula is C19H26IN3O3. The highest BCUT2D eigenvalue weighted by Crippen LogP contribution is 2.29. The van der Waals surface area contributed by atoms with Gasteiger partial charge in [0.2, 0.25) is 0 Å². The summed E-state index contributed by atoms with van der Waals surface area (Å²) >= 11 is 0. The second-order valence-corrected chi connectivity index (χ2v) is 5.41. The van der Waals surface area contributed by atoms with Crippen molar-refractivity contribution in [2.24, 2.45) is 10.7 Å². The number of halogens is 1. The van der Waals surface area contributed by atoms with E-state index in [-0.39, 0.29) is 24.0 Å². The molecule has 0 amide bonds. The molecule has 2 rings (SSSR count). The summed E-state index contributed by atoms with van der Waals surface area (Å²) in [6, 6.07) is 13.6. The van der Waals surface area contributed by atoms with E-state index in [9.17, 15) is 0 Å². The fraction of sp³-hybridized carbons (Fsp3) is 0.316. The first-order valence-corrected chi connectivity index (χ1v) is 8.08. The van der Waals surface area contributed by atoms with E-state index in [1.807, 2.05) is 30.3 Å². The number of methoxy groups -OCH3 is 3. The number of nitrogens with two attached hydrogens (primary N) is 1. The Morgan fingerprint density at radius 3 is 2.27 bits per heavy atom. The van der Waals surface area contributed by atoms with E-state index in [0.29, 0.717) is 24.0 Å². The molecule has 3 N–H and O–H groups in total. The fourth-order valence-electron chi connectivity index (χ4n) is 2.38. The van der Waals surface area contributed by atoms with E-state index < -0.39 is 0 Å². The van der Waals surface area contributed by atoms with Gasteiger partial charge < -0.3 is 25.3 Å². The van der Waals surface area contributed by atoms with Gasteiger partial charge in [-0.05, 0) is 42.7 Å². The minimum atomic E-state index is 0. The molecule has 0 bridgehead atoms. The van der Waals surface area contributed by atoms with Crippen LogP contribution in [-0.4, -0.2) is 33.8 Å². The van der Waals surface area contributed by atoms with Crippen molar-refractivity contribution >= 4 is 35.6 Å². The summed E-state index contributed by atoms with van der Waals surface area (Å²) in [5.74, 6) is 2.55. The molecule has 0 fully saturated rings. The van der Waals surface area contributed by atoms with Crippen LogP contribution in [0.25, 0.3) is 0 Å². The SMILES string of the molecule is COc1ccc(CCCN=C(N)Nc2ccc(OC)c(OC)c2)cc1.I. The molecule has 0 aliphatic heterocycles. The summed E-state index contributed by atoms with van der Waals surface area (Å²) in [7, 11) is 4.86. The average Bonchev–Trinajstić information content (AvgIpc) is 2.65. The zero-order valence-corrected chi connectivity index (χ0v) is 17.7. The first-order valence-electron chi connectivity index (χ1n) is 8.08. The maximum atomic E-state index is 5.94. The van der Waals surface area contributed by atoms with Gasteiger partial charge in [-0.15, -0.1) is 24.0 Å². The van der Waals surface area contributed by atoms with Crippen molar-refractivity contribution in [2.75, 3.05) is 33.2 Å². The first-order chi connectivity index (χ1) is 12.2. The van der Waals surface area contributed by atoms with Gasteiger partial charge in [0.05, 0.1) is 21.3 Å². The van der Waals surface area contributed by atoms with Crippen molar-refractivity contribution in [3.8, 4) is 17.2 Å². The molecular weight excluding hydrogens is 445 g/mol. The lowest BCUT2D eigenvalue weighted by atomic mass is 10.1. The molecule has 0 radical (unpaired) electrons.